The van der Waals surface area contributed by atoms with Gasteiger partial charge in [0, 0.05) is 35.2 Å². The minimum atomic E-state index is 0.0493. The van der Waals surface area contributed by atoms with E-state index in [0.29, 0.717) is 5.92 Å². The maximum atomic E-state index is 6.15. The van der Waals surface area contributed by atoms with Gasteiger partial charge in [0.15, 0.2) is 0 Å². The van der Waals surface area contributed by atoms with Gasteiger partial charge in [-0.3, -0.25) is 0 Å². The quantitative estimate of drug-likeness (QED) is 0.890. The van der Waals surface area contributed by atoms with Crippen molar-refractivity contribution in [2.24, 2.45) is 5.73 Å². The van der Waals surface area contributed by atoms with E-state index in [2.05, 4.69) is 76.3 Å². The summed E-state index contributed by atoms with van der Waals surface area (Å²) in [5.41, 5.74) is 10.1. The second kappa shape index (κ2) is 6.20. The van der Waals surface area contributed by atoms with Gasteiger partial charge in [0.2, 0.25) is 0 Å². The molecule has 2 aromatic rings. The third kappa shape index (κ3) is 3.14. The Morgan fingerprint density at radius 1 is 1.19 bits per heavy atom. The van der Waals surface area contributed by atoms with Crippen molar-refractivity contribution in [3.63, 3.8) is 0 Å². The van der Waals surface area contributed by atoms with Gasteiger partial charge in [-0.05, 0) is 42.7 Å². The summed E-state index contributed by atoms with van der Waals surface area (Å²) in [5, 5.41) is 0. The monoisotopic (exact) mass is 344 g/mol. The summed E-state index contributed by atoms with van der Waals surface area (Å²) in [5.74, 6) is 0.621. The predicted molar refractivity (Wildman–Crippen MR) is 92.8 cm³/mol. The summed E-state index contributed by atoms with van der Waals surface area (Å²) in [7, 11) is 0. The molecule has 2 nitrogen and oxygen atoms in total. The van der Waals surface area contributed by atoms with Crippen molar-refractivity contribution in [1.29, 1.82) is 0 Å². The molecule has 2 N–H and O–H groups in total. The van der Waals surface area contributed by atoms with Crippen LogP contribution in [0.25, 0.3) is 0 Å². The van der Waals surface area contributed by atoms with Crippen LogP contribution >= 0.6 is 15.9 Å². The maximum Gasteiger partial charge on any atom is 0.0415 e. The van der Waals surface area contributed by atoms with Crippen LogP contribution in [0.5, 0.6) is 0 Å². The second-order valence-electron chi connectivity index (χ2n) is 5.83. The number of nitrogens with zero attached hydrogens (tertiary/aromatic N) is 1. The molecule has 1 saturated heterocycles. The highest BCUT2D eigenvalue weighted by atomic mass is 79.9. The molecule has 2 aromatic carbocycles. The van der Waals surface area contributed by atoms with Gasteiger partial charge in [-0.15, -0.1) is 0 Å². The predicted octanol–water partition coefficient (Wildman–Crippen LogP) is 4.46. The van der Waals surface area contributed by atoms with Gasteiger partial charge >= 0.3 is 0 Å². The average molecular weight is 345 g/mol. The normalized spacial score (nSPS) is 19.8. The van der Waals surface area contributed by atoms with E-state index in [1.807, 2.05) is 0 Å². The van der Waals surface area contributed by atoms with E-state index in [1.165, 1.54) is 23.2 Å². The van der Waals surface area contributed by atoms with Gasteiger partial charge < -0.3 is 10.6 Å². The molecule has 2 unspecified atom stereocenters. The summed E-state index contributed by atoms with van der Waals surface area (Å²) in [6, 6.07) is 17.3. The molecular formula is C18H21BrN2. The molecule has 3 heteroatoms. The van der Waals surface area contributed by atoms with E-state index >= 15 is 0 Å². The first-order chi connectivity index (χ1) is 10.1. The van der Waals surface area contributed by atoms with Crippen molar-refractivity contribution in [2.75, 3.05) is 18.0 Å². The maximum absolute atomic E-state index is 6.15. The van der Waals surface area contributed by atoms with Crippen LogP contribution in [0.4, 0.5) is 5.69 Å². The lowest BCUT2D eigenvalue weighted by Gasteiger charge is -2.24. The molecule has 2 atom stereocenters. The number of benzene rings is 2. The van der Waals surface area contributed by atoms with Crippen molar-refractivity contribution in [3.8, 4) is 0 Å². The molecule has 1 aliphatic heterocycles. The van der Waals surface area contributed by atoms with Crippen molar-refractivity contribution >= 4 is 21.6 Å². The first kappa shape index (κ1) is 14.6. The fraction of sp³-hybridized carbons (Fsp3) is 0.333. The highest BCUT2D eigenvalue weighted by Crippen LogP contribution is 2.35. The van der Waals surface area contributed by atoms with Crippen LogP contribution in [0.3, 0.4) is 0 Å². The van der Waals surface area contributed by atoms with Crippen LogP contribution in [-0.4, -0.2) is 13.1 Å². The number of halogens is 1. The van der Waals surface area contributed by atoms with Crippen LogP contribution in [0, 0.1) is 0 Å². The summed E-state index contributed by atoms with van der Waals surface area (Å²) >= 11 is 3.55. The molecule has 0 saturated carbocycles. The van der Waals surface area contributed by atoms with Crippen LogP contribution < -0.4 is 10.6 Å². The van der Waals surface area contributed by atoms with Gasteiger partial charge in [0.25, 0.3) is 0 Å². The molecule has 0 aliphatic carbocycles. The van der Waals surface area contributed by atoms with E-state index < -0.39 is 0 Å². The first-order valence-corrected chi connectivity index (χ1v) is 8.29. The minimum Gasteiger partial charge on any atom is -0.371 e. The Balaban J connectivity index is 1.84. The van der Waals surface area contributed by atoms with Crippen molar-refractivity contribution in [2.45, 2.75) is 25.3 Å². The fourth-order valence-electron chi connectivity index (χ4n) is 3.15. The van der Waals surface area contributed by atoms with Gasteiger partial charge in [-0.2, -0.15) is 0 Å². The average Bonchev–Trinajstić information content (AvgIpc) is 2.97. The Morgan fingerprint density at radius 3 is 2.67 bits per heavy atom. The summed E-state index contributed by atoms with van der Waals surface area (Å²) in [6.45, 7) is 4.22. The van der Waals surface area contributed by atoms with Crippen LogP contribution in [0.15, 0.2) is 53.0 Å². The zero-order valence-corrected chi connectivity index (χ0v) is 13.9. The number of rotatable bonds is 3. The number of anilines is 1. The van der Waals surface area contributed by atoms with E-state index in [-0.39, 0.29) is 6.04 Å². The molecule has 0 aromatic heterocycles. The number of hydrogen-bond donors (Lipinski definition) is 1. The van der Waals surface area contributed by atoms with Gasteiger partial charge in [0.1, 0.15) is 0 Å². The molecular weight excluding hydrogens is 324 g/mol. The van der Waals surface area contributed by atoms with E-state index in [9.17, 15) is 0 Å². The Bertz CT molecular complexity index is 610. The molecule has 110 valence electrons. The number of nitrogens with two attached hydrogens (primary N) is 1. The smallest absolute Gasteiger partial charge is 0.0415 e. The van der Waals surface area contributed by atoms with E-state index in [4.69, 9.17) is 5.73 Å². The molecule has 0 amide bonds. The minimum absolute atomic E-state index is 0.0493. The second-order valence-corrected chi connectivity index (χ2v) is 6.75. The van der Waals surface area contributed by atoms with Crippen LogP contribution in [0.2, 0.25) is 0 Å². The molecule has 0 radical (unpaired) electrons. The third-order valence-corrected chi connectivity index (χ3v) is 4.77. The summed E-state index contributed by atoms with van der Waals surface area (Å²) in [6.07, 6.45) is 1.21. The molecule has 21 heavy (non-hydrogen) atoms. The zero-order chi connectivity index (χ0) is 14.8. The standard InChI is InChI=1S/C18H21BrN2/c1-13(20)17-11-16(19)7-8-18(17)21-10-9-15(12-21)14-5-3-2-4-6-14/h2-8,11,13,15H,9-10,12,20H2,1H3. The fourth-order valence-corrected chi connectivity index (χ4v) is 3.53. The van der Waals surface area contributed by atoms with Crippen LogP contribution in [0.1, 0.15) is 36.4 Å². The van der Waals surface area contributed by atoms with Gasteiger partial charge in [-0.25, -0.2) is 0 Å². The Morgan fingerprint density at radius 2 is 1.95 bits per heavy atom. The Hall–Kier alpha value is -1.32. The highest BCUT2D eigenvalue weighted by Gasteiger charge is 2.25. The highest BCUT2D eigenvalue weighted by molar-refractivity contribution is 9.10. The molecule has 3 rings (SSSR count). The van der Waals surface area contributed by atoms with Gasteiger partial charge in [-0.1, -0.05) is 46.3 Å². The topological polar surface area (TPSA) is 29.3 Å². The van der Waals surface area contributed by atoms with Gasteiger partial charge in [0.05, 0.1) is 0 Å². The molecule has 1 heterocycles. The van der Waals surface area contributed by atoms with E-state index in [0.717, 1.165) is 17.6 Å². The van der Waals surface area contributed by atoms with Crippen LogP contribution in [-0.2, 0) is 0 Å². The first-order valence-electron chi connectivity index (χ1n) is 7.50. The summed E-state index contributed by atoms with van der Waals surface area (Å²) in [4.78, 5) is 2.48. The molecule has 0 spiro atoms. The molecule has 1 aliphatic rings. The third-order valence-electron chi connectivity index (χ3n) is 4.28. The largest absolute Gasteiger partial charge is 0.371 e. The van der Waals surface area contributed by atoms with Crippen molar-refractivity contribution in [1.82, 2.24) is 0 Å². The lowest BCUT2D eigenvalue weighted by atomic mass is 9.99. The Kier molecular flexibility index (Phi) is 4.32. The zero-order valence-electron chi connectivity index (χ0n) is 12.3. The summed E-state index contributed by atoms with van der Waals surface area (Å²) < 4.78 is 1.09. The Labute approximate surface area is 135 Å². The lowest BCUT2D eigenvalue weighted by molar-refractivity contribution is 0.772. The number of hydrogen-bond acceptors (Lipinski definition) is 2. The lowest BCUT2D eigenvalue weighted by Crippen LogP contribution is -2.22. The SMILES string of the molecule is CC(N)c1cc(Br)ccc1N1CCC(c2ccccc2)C1. The molecule has 1 fully saturated rings. The van der Waals surface area contributed by atoms with E-state index in [1.54, 1.807) is 0 Å². The van der Waals surface area contributed by atoms with Crippen molar-refractivity contribution in [3.05, 3.63) is 64.1 Å². The molecule has 0 bridgehead atoms. The van der Waals surface area contributed by atoms with Crippen molar-refractivity contribution < 1.29 is 0 Å².